The second-order valence-electron chi connectivity index (χ2n) is 4.36. The van der Waals surface area contributed by atoms with Crippen LogP contribution in [0.25, 0.3) is 0 Å². The van der Waals surface area contributed by atoms with Crippen molar-refractivity contribution < 1.29 is 4.74 Å². The molecule has 1 unspecified atom stereocenters. The second-order valence-corrected chi connectivity index (χ2v) is 4.36. The molecular formula is C13H15N3O. The van der Waals surface area contributed by atoms with Crippen molar-refractivity contribution in [2.75, 3.05) is 11.9 Å². The summed E-state index contributed by atoms with van der Waals surface area (Å²) in [7, 11) is 1.99. The van der Waals surface area contributed by atoms with Crippen molar-refractivity contribution in [3.63, 3.8) is 0 Å². The van der Waals surface area contributed by atoms with E-state index >= 15 is 0 Å². The molecule has 1 atom stereocenters. The predicted molar refractivity (Wildman–Crippen MR) is 66.2 cm³/mol. The van der Waals surface area contributed by atoms with Crippen LogP contribution in [0.3, 0.4) is 0 Å². The summed E-state index contributed by atoms with van der Waals surface area (Å²) in [6.07, 6.45) is 2.00. The molecule has 2 heterocycles. The summed E-state index contributed by atoms with van der Waals surface area (Å²) in [6, 6.07) is 8.31. The molecule has 0 radical (unpaired) electrons. The topological polar surface area (TPSA) is 39.1 Å². The van der Waals surface area contributed by atoms with E-state index in [-0.39, 0.29) is 6.04 Å². The zero-order chi connectivity index (χ0) is 11.8. The average Bonchev–Trinajstić information content (AvgIpc) is 2.85. The average molecular weight is 229 g/mol. The van der Waals surface area contributed by atoms with E-state index in [4.69, 9.17) is 4.74 Å². The van der Waals surface area contributed by atoms with Gasteiger partial charge in [-0.3, -0.25) is 0 Å². The Morgan fingerprint density at radius 2 is 2.24 bits per heavy atom. The van der Waals surface area contributed by atoms with E-state index in [1.165, 1.54) is 5.56 Å². The number of benzene rings is 1. The van der Waals surface area contributed by atoms with E-state index in [2.05, 4.69) is 16.4 Å². The molecule has 4 heteroatoms. The molecule has 1 aromatic heterocycles. The number of hydrogen-bond donors (Lipinski definition) is 1. The minimum atomic E-state index is 0.187. The summed E-state index contributed by atoms with van der Waals surface area (Å²) in [5.74, 6) is 1.85. The molecule has 88 valence electrons. The molecule has 0 saturated carbocycles. The Hall–Kier alpha value is -1.97. The highest BCUT2D eigenvalue weighted by molar-refractivity contribution is 5.44. The highest BCUT2D eigenvalue weighted by Gasteiger charge is 2.24. The first kappa shape index (κ1) is 10.2. The lowest BCUT2D eigenvalue weighted by Crippen LogP contribution is -2.14. The summed E-state index contributed by atoms with van der Waals surface area (Å²) in [6.45, 7) is 2.65. The van der Waals surface area contributed by atoms with Crippen molar-refractivity contribution >= 4 is 5.95 Å². The number of nitrogens with one attached hydrogen (secondary N) is 1. The predicted octanol–water partition coefficient (Wildman–Crippen LogP) is 2.27. The summed E-state index contributed by atoms with van der Waals surface area (Å²) in [5, 5.41) is 3.41. The lowest BCUT2D eigenvalue weighted by Gasteiger charge is -2.12. The monoisotopic (exact) mass is 229 g/mol. The molecule has 0 saturated heterocycles. The Balaban J connectivity index is 1.86. The Morgan fingerprint density at radius 1 is 1.41 bits per heavy atom. The van der Waals surface area contributed by atoms with E-state index < -0.39 is 0 Å². The van der Waals surface area contributed by atoms with E-state index in [0.29, 0.717) is 6.61 Å². The lowest BCUT2D eigenvalue weighted by molar-refractivity contribution is 0.339. The Morgan fingerprint density at radius 3 is 3.00 bits per heavy atom. The standard InChI is InChI=1S/C13H15N3O/c1-9-7-16(2)13(14-9)15-11-8-17-12-6-4-3-5-10(11)12/h3-7,11H,8H2,1-2H3,(H,14,15). The van der Waals surface area contributed by atoms with Crippen LogP contribution >= 0.6 is 0 Å². The molecule has 17 heavy (non-hydrogen) atoms. The normalized spacial score (nSPS) is 17.6. The van der Waals surface area contributed by atoms with Gasteiger partial charge in [0.25, 0.3) is 0 Å². The molecule has 1 aromatic carbocycles. The molecule has 0 spiro atoms. The Kier molecular flexibility index (Phi) is 2.28. The molecule has 0 amide bonds. The first-order valence-corrected chi connectivity index (χ1v) is 5.72. The summed E-state index contributed by atoms with van der Waals surface area (Å²) < 4.78 is 7.63. The van der Waals surface area contributed by atoms with Crippen molar-refractivity contribution in [1.29, 1.82) is 0 Å². The number of anilines is 1. The number of ether oxygens (including phenoxy) is 1. The zero-order valence-electron chi connectivity index (χ0n) is 9.97. The number of hydrogen-bond acceptors (Lipinski definition) is 3. The molecule has 1 aliphatic heterocycles. The highest BCUT2D eigenvalue weighted by atomic mass is 16.5. The molecular weight excluding hydrogens is 214 g/mol. The van der Waals surface area contributed by atoms with Crippen molar-refractivity contribution in [1.82, 2.24) is 9.55 Å². The van der Waals surface area contributed by atoms with Crippen LogP contribution in [0.2, 0.25) is 0 Å². The quantitative estimate of drug-likeness (QED) is 0.858. The van der Waals surface area contributed by atoms with Gasteiger partial charge in [-0.2, -0.15) is 0 Å². The second kappa shape index (κ2) is 3.80. The maximum absolute atomic E-state index is 5.63. The van der Waals surface area contributed by atoms with E-state index in [1.54, 1.807) is 0 Å². The fourth-order valence-corrected chi connectivity index (χ4v) is 2.19. The Bertz CT molecular complexity index is 547. The third-order valence-corrected chi connectivity index (χ3v) is 3.00. The van der Waals surface area contributed by atoms with Gasteiger partial charge in [0, 0.05) is 18.8 Å². The maximum atomic E-state index is 5.63. The van der Waals surface area contributed by atoms with Gasteiger partial charge in [0.15, 0.2) is 0 Å². The van der Waals surface area contributed by atoms with Gasteiger partial charge in [0.05, 0.1) is 11.7 Å². The number of aromatic nitrogens is 2. The van der Waals surface area contributed by atoms with Gasteiger partial charge >= 0.3 is 0 Å². The fourth-order valence-electron chi connectivity index (χ4n) is 2.19. The number of rotatable bonds is 2. The molecule has 2 aromatic rings. The van der Waals surface area contributed by atoms with Gasteiger partial charge in [-0.05, 0) is 13.0 Å². The number of para-hydroxylation sites is 1. The van der Waals surface area contributed by atoms with E-state index in [9.17, 15) is 0 Å². The van der Waals surface area contributed by atoms with Crippen LogP contribution < -0.4 is 10.1 Å². The van der Waals surface area contributed by atoms with Crippen molar-refractivity contribution in [3.05, 3.63) is 41.7 Å². The van der Waals surface area contributed by atoms with Gasteiger partial charge in [-0.15, -0.1) is 0 Å². The summed E-state index contributed by atoms with van der Waals surface area (Å²) in [5.41, 5.74) is 2.22. The van der Waals surface area contributed by atoms with E-state index in [0.717, 1.165) is 17.4 Å². The lowest BCUT2D eigenvalue weighted by atomic mass is 10.1. The van der Waals surface area contributed by atoms with Gasteiger partial charge in [-0.1, -0.05) is 18.2 Å². The Labute approximate surface area is 100 Å². The molecule has 1 N–H and O–H groups in total. The highest BCUT2D eigenvalue weighted by Crippen LogP contribution is 2.33. The largest absolute Gasteiger partial charge is 0.491 e. The van der Waals surface area contributed by atoms with Gasteiger partial charge in [0.1, 0.15) is 12.4 Å². The minimum absolute atomic E-state index is 0.187. The van der Waals surface area contributed by atoms with Crippen LogP contribution in [0.4, 0.5) is 5.95 Å². The number of imidazole rings is 1. The van der Waals surface area contributed by atoms with Gasteiger partial charge < -0.3 is 14.6 Å². The van der Waals surface area contributed by atoms with Crippen molar-refractivity contribution in [3.8, 4) is 5.75 Å². The van der Waals surface area contributed by atoms with Crippen LogP contribution in [0.5, 0.6) is 5.75 Å². The number of aryl methyl sites for hydroxylation is 2. The van der Waals surface area contributed by atoms with Gasteiger partial charge in [-0.25, -0.2) is 4.98 Å². The third kappa shape index (κ3) is 1.75. The SMILES string of the molecule is Cc1cn(C)c(NC2COc3ccccc32)n1. The summed E-state index contributed by atoms with van der Waals surface area (Å²) in [4.78, 5) is 4.44. The number of fused-ring (bicyclic) bond motifs is 1. The number of nitrogens with zero attached hydrogens (tertiary/aromatic N) is 2. The minimum Gasteiger partial charge on any atom is -0.491 e. The smallest absolute Gasteiger partial charge is 0.203 e. The maximum Gasteiger partial charge on any atom is 0.203 e. The molecule has 0 aliphatic carbocycles. The van der Waals surface area contributed by atoms with Crippen LogP contribution in [0.15, 0.2) is 30.5 Å². The van der Waals surface area contributed by atoms with Crippen LogP contribution in [0.1, 0.15) is 17.3 Å². The first-order chi connectivity index (χ1) is 8.24. The summed E-state index contributed by atoms with van der Waals surface area (Å²) >= 11 is 0. The molecule has 1 aliphatic rings. The third-order valence-electron chi connectivity index (χ3n) is 3.00. The molecule has 0 bridgehead atoms. The molecule has 3 rings (SSSR count). The van der Waals surface area contributed by atoms with Crippen LogP contribution in [-0.4, -0.2) is 16.2 Å². The first-order valence-electron chi connectivity index (χ1n) is 5.72. The van der Waals surface area contributed by atoms with Crippen molar-refractivity contribution in [2.24, 2.45) is 7.05 Å². The molecule has 0 fully saturated rings. The molecule has 4 nitrogen and oxygen atoms in total. The van der Waals surface area contributed by atoms with Gasteiger partial charge in [0.2, 0.25) is 5.95 Å². The van der Waals surface area contributed by atoms with E-state index in [1.807, 2.05) is 42.9 Å². The fraction of sp³-hybridized carbons (Fsp3) is 0.308. The van der Waals surface area contributed by atoms with Crippen LogP contribution in [-0.2, 0) is 7.05 Å². The van der Waals surface area contributed by atoms with Crippen LogP contribution in [0, 0.1) is 6.92 Å². The van der Waals surface area contributed by atoms with Crippen molar-refractivity contribution in [2.45, 2.75) is 13.0 Å². The zero-order valence-corrected chi connectivity index (χ0v) is 9.97.